The Labute approximate surface area is 172 Å². The van der Waals surface area contributed by atoms with E-state index in [0.717, 1.165) is 44.1 Å². The van der Waals surface area contributed by atoms with Gasteiger partial charge in [0.1, 0.15) is 5.82 Å². The van der Waals surface area contributed by atoms with Crippen LogP contribution in [0, 0.1) is 5.82 Å². The van der Waals surface area contributed by atoms with Gasteiger partial charge in [-0.1, -0.05) is 31.4 Å². The van der Waals surface area contributed by atoms with E-state index in [1.165, 1.54) is 18.6 Å². The highest BCUT2D eigenvalue weighted by Crippen LogP contribution is 2.39. The number of carbonyl (C=O) groups excluding carboxylic acids is 1. The number of hydrogen-bond acceptors (Lipinski definition) is 3. The van der Waals surface area contributed by atoms with Crippen LogP contribution in [0.2, 0.25) is 0 Å². The van der Waals surface area contributed by atoms with Gasteiger partial charge in [0, 0.05) is 24.5 Å². The Balaban J connectivity index is 1.57. The van der Waals surface area contributed by atoms with Gasteiger partial charge in [0.2, 0.25) is 0 Å². The Hall–Kier alpha value is -2.31. The van der Waals surface area contributed by atoms with E-state index in [0.29, 0.717) is 32.2 Å². The molecular weight excluding hydrogens is 371 g/mol. The highest BCUT2D eigenvalue weighted by molar-refractivity contribution is 5.78. The summed E-state index contributed by atoms with van der Waals surface area (Å²) in [5.74, 6) is 0.241. The maximum absolute atomic E-state index is 13.4. The highest BCUT2D eigenvalue weighted by Gasteiger charge is 2.34. The van der Waals surface area contributed by atoms with Gasteiger partial charge in [0.25, 0.3) is 0 Å². The van der Waals surface area contributed by atoms with Crippen molar-refractivity contribution in [2.75, 3.05) is 26.2 Å². The molecule has 1 aliphatic carbocycles. The summed E-state index contributed by atoms with van der Waals surface area (Å²) in [4.78, 5) is 18.2. The smallest absolute Gasteiger partial charge is 0.409 e. The normalized spacial score (nSPS) is 20.3. The van der Waals surface area contributed by atoms with Gasteiger partial charge in [-0.3, -0.25) is 4.99 Å². The summed E-state index contributed by atoms with van der Waals surface area (Å²) in [5, 5.41) is 3.32. The number of carbonyl (C=O) groups is 1. The Morgan fingerprint density at radius 3 is 2.52 bits per heavy atom. The Kier molecular flexibility index (Phi) is 7.34. The molecule has 0 bridgehead atoms. The topological polar surface area (TPSA) is 80.0 Å². The van der Waals surface area contributed by atoms with Crippen LogP contribution in [0.25, 0.3) is 0 Å². The molecule has 0 unspecified atom stereocenters. The molecule has 1 amide bonds. The minimum atomic E-state index is -0.244. The van der Waals surface area contributed by atoms with E-state index in [4.69, 9.17) is 10.5 Å². The van der Waals surface area contributed by atoms with Crippen molar-refractivity contribution in [2.45, 2.75) is 63.3 Å². The van der Waals surface area contributed by atoms with Crippen molar-refractivity contribution in [3.8, 4) is 0 Å². The maximum atomic E-state index is 13.4. The van der Waals surface area contributed by atoms with E-state index in [1.807, 2.05) is 19.1 Å². The summed E-state index contributed by atoms with van der Waals surface area (Å²) >= 11 is 0. The van der Waals surface area contributed by atoms with Crippen molar-refractivity contribution >= 4 is 12.1 Å². The zero-order valence-electron chi connectivity index (χ0n) is 17.3. The lowest BCUT2D eigenvalue weighted by atomic mass is 9.69. The van der Waals surface area contributed by atoms with Gasteiger partial charge in [-0.05, 0) is 50.3 Å². The average Bonchev–Trinajstić information content (AvgIpc) is 2.74. The van der Waals surface area contributed by atoms with Gasteiger partial charge >= 0.3 is 6.09 Å². The van der Waals surface area contributed by atoms with Crippen molar-refractivity contribution < 1.29 is 13.9 Å². The zero-order valence-corrected chi connectivity index (χ0v) is 17.3. The van der Waals surface area contributed by atoms with Gasteiger partial charge in [0.05, 0.1) is 13.2 Å². The first-order chi connectivity index (χ1) is 14.0. The first kappa shape index (κ1) is 21.4. The second kappa shape index (κ2) is 9.94. The molecule has 3 N–H and O–H groups in total. The molecule has 3 rings (SSSR count). The number of benzene rings is 1. The highest BCUT2D eigenvalue weighted by atomic mass is 19.1. The van der Waals surface area contributed by atoms with Crippen LogP contribution in [0.5, 0.6) is 0 Å². The SMILES string of the molecule is CCOC(=O)N1CCC(NC(N)=NCC2(c3ccc(F)cc3)CCCCC2)CC1. The molecule has 1 saturated carbocycles. The van der Waals surface area contributed by atoms with E-state index < -0.39 is 0 Å². The standard InChI is InChI=1S/C22H33FN4O2/c1-2-29-21(28)27-14-10-19(11-15-27)26-20(24)25-16-22(12-4-3-5-13-22)17-6-8-18(23)9-7-17/h6-9,19H,2-5,10-16H2,1H3,(H3,24,25,26). The average molecular weight is 405 g/mol. The summed E-state index contributed by atoms with van der Waals surface area (Å²) in [5.41, 5.74) is 7.29. The quantitative estimate of drug-likeness (QED) is 0.581. The number of piperidine rings is 1. The maximum Gasteiger partial charge on any atom is 0.409 e. The van der Waals surface area contributed by atoms with Gasteiger partial charge in [-0.25, -0.2) is 9.18 Å². The summed E-state index contributed by atoms with van der Waals surface area (Å²) < 4.78 is 18.4. The lowest BCUT2D eigenvalue weighted by Crippen LogP contribution is -2.49. The van der Waals surface area contributed by atoms with Gasteiger partial charge in [-0.15, -0.1) is 0 Å². The van der Waals surface area contributed by atoms with E-state index >= 15 is 0 Å². The molecule has 0 aromatic heterocycles. The number of nitrogens with two attached hydrogens (primary N) is 1. The van der Waals surface area contributed by atoms with Crippen LogP contribution in [-0.2, 0) is 10.2 Å². The fourth-order valence-electron chi connectivity index (χ4n) is 4.48. The van der Waals surface area contributed by atoms with Crippen LogP contribution >= 0.6 is 0 Å². The summed E-state index contributed by atoms with van der Waals surface area (Å²) in [6.07, 6.45) is 7.04. The van der Waals surface area contributed by atoms with Crippen LogP contribution < -0.4 is 11.1 Å². The van der Waals surface area contributed by atoms with Crippen molar-refractivity contribution in [1.82, 2.24) is 10.2 Å². The summed E-state index contributed by atoms with van der Waals surface area (Å²) in [7, 11) is 0. The number of amides is 1. The number of hydrogen-bond donors (Lipinski definition) is 2. The van der Waals surface area contributed by atoms with Crippen LogP contribution in [0.4, 0.5) is 9.18 Å². The van der Waals surface area contributed by atoms with Crippen molar-refractivity contribution in [2.24, 2.45) is 10.7 Å². The third-order valence-corrected chi connectivity index (χ3v) is 6.19. The molecule has 160 valence electrons. The predicted molar refractivity (Wildman–Crippen MR) is 112 cm³/mol. The van der Waals surface area contributed by atoms with Crippen LogP contribution in [0.1, 0.15) is 57.4 Å². The summed E-state index contributed by atoms with van der Waals surface area (Å²) in [6.45, 7) is 4.13. The Bertz CT molecular complexity index is 693. The minimum Gasteiger partial charge on any atom is -0.450 e. The second-order valence-corrected chi connectivity index (χ2v) is 8.15. The molecule has 1 aromatic carbocycles. The number of nitrogens with zero attached hydrogens (tertiary/aromatic N) is 2. The first-order valence-electron chi connectivity index (χ1n) is 10.8. The molecule has 0 atom stereocenters. The lowest BCUT2D eigenvalue weighted by molar-refractivity contribution is 0.0963. The number of nitrogens with one attached hydrogen (secondary N) is 1. The number of guanidine groups is 1. The van der Waals surface area contributed by atoms with E-state index in [2.05, 4.69) is 10.3 Å². The van der Waals surface area contributed by atoms with Gasteiger partial charge in [0.15, 0.2) is 5.96 Å². The van der Waals surface area contributed by atoms with Crippen LogP contribution in [-0.4, -0.2) is 49.2 Å². The number of rotatable bonds is 5. The molecule has 2 fully saturated rings. The molecule has 6 nitrogen and oxygen atoms in total. The molecule has 2 aliphatic rings. The van der Waals surface area contributed by atoms with Crippen molar-refractivity contribution in [3.05, 3.63) is 35.6 Å². The molecular formula is C22H33FN4O2. The molecule has 1 aliphatic heterocycles. The molecule has 0 spiro atoms. The number of aliphatic imine (C=N–C) groups is 1. The third kappa shape index (κ3) is 5.61. The summed E-state index contributed by atoms with van der Waals surface area (Å²) in [6, 6.07) is 7.07. The van der Waals surface area contributed by atoms with Crippen molar-refractivity contribution in [3.63, 3.8) is 0 Å². The molecule has 29 heavy (non-hydrogen) atoms. The fraction of sp³-hybridized carbons (Fsp3) is 0.636. The number of ether oxygens (including phenoxy) is 1. The van der Waals surface area contributed by atoms with Crippen molar-refractivity contribution in [1.29, 1.82) is 0 Å². The first-order valence-corrected chi connectivity index (χ1v) is 10.8. The molecule has 1 heterocycles. The van der Waals surface area contributed by atoms with E-state index in [-0.39, 0.29) is 23.4 Å². The molecule has 1 aromatic rings. The number of likely N-dealkylation sites (tertiary alicyclic amines) is 1. The van der Waals surface area contributed by atoms with Crippen LogP contribution in [0.15, 0.2) is 29.3 Å². The second-order valence-electron chi connectivity index (χ2n) is 8.15. The monoisotopic (exact) mass is 404 g/mol. The Morgan fingerprint density at radius 2 is 1.90 bits per heavy atom. The molecule has 1 saturated heterocycles. The third-order valence-electron chi connectivity index (χ3n) is 6.19. The Morgan fingerprint density at radius 1 is 1.24 bits per heavy atom. The van der Waals surface area contributed by atoms with Gasteiger partial charge < -0.3 is 20.7 Å². The minimum absolute atomic E-state index is 0.0640. The lowest BCUT2D eigenvalue weighted by Gasteiger charge is -2.37. The molecule has 0 radical (unpaired) electrons. The number of halogens is 1. The zero-order chi connectivity index (χ0) is 20.7. The fourth-order valence-corrected chi connectivity index (χ4v) is 4.48. The van der Waals surface area contributed by atoms with Gasteiger partial charge in [-0.2, -0.15) is 0 Å². The molecule has 7 heteroatoms. The van der Waals surface area contributed by atoms with E-state index in [1.54, 1.807) is 4.90 Å². The van der Waals surface area contributed by atoms with Crippen LogP contribution in [0.3, 0.4) is 0 Å². The predicted octanol–water partition coefficient (Wildman–Crippen LogP) is 3.55. The largest absolute Gasteiger partial charge is 0.450 e. The van der Waals surface area contributed by atoms with E-state index in [9.17, 15) is 9.18 Å².